The van der Waals surface area contributed by atoms with Crippen molar-refractivity contribution in [2.24, 2.45) is 0 Å². The lowest BCUT2D eigenvalue weighted by Crippen LogP contribution is -2.53. The van der Waals surface area contributed by atoms with Crippen molar-refractivity contribution in [3.05, 3.63) is 35.5 Å². The third-order valence-corrected chi connectivity index (χ3v) is 5.13. The highest BCUT2D eigenvalue weighted by Gasteiger charge is 2.25. The number of carbonyl (C=O) groups is 1. The maximum absolute atomic E-state index is 12.6. The number of piperazine rings is 1. The van der Waals surface area contributed by atoms with Crippen molar-refractivity contribution < 1.29 is 9.90 Å². The number of aliphatic hydroxyl groups excluding tert-OH is 1. The van der Waals surface area contributed by atoms with Crippen LogP contribution in [-0.2, 0) is 11.2 Å². The van der Waals surface area contributed by atoms with Gasteiger partial charge >= 0.3 is 0 Å². The molecule has 24 heavy (non-hydrogen) atoms. The van der Waals surface area contributed by atoms with E-state index in [1.807, 2.05) is 11.1 Å². The summed E-state index contributed by atoms with van der Waals surface area (Å²) >= 11 is 0. The summed E-state index contributed by atoms with van der Waals surface area (Å²) in [7, 11) is 0. The number of aryl methyl sites for hydroxylation is 1. The molecule has 1 atom stereocenters. The van der Waals surface area contributed by atoms with E-state index >= 15 is 0 Å². The largest absolute Gasteiger partial charge is 0.395 e. The minimum Gasteiger partial charge on any atom is -0.395 e. The molecule has 1 aromatic carbocycles. The Morgan fingerprint density at radius 3 is 2.71 bits per heavy atom. The first-order valence-electron chi connectivity index (χ1n) is 8.81. The highest BCUT2D eigenvalue weighted by molar-refractivity contribution is 5.89. The molecule has 1 saturated heterocycles. The van der Waals surface area contributed by atoms with E-state index in [4.69, 9.17) is 0 Å². The summed E-state index contributed by atoms with van der Waals surface area (Å²) in [4.78, 5) is 20.1. The van der Waals surface area contributed by atoms with Gasteiger partial charge in [0.2, 0.25) is 5.91 Å². The summed E-state index contributed by atoms with van der Waals surface area (Å²) in [6.45, 7) is 7.54. The molecule has 3 rings (SSSR count). The second-order valence-corrected chi connectivity index (χ2v) is 6.70. The molecule has 0 saturated carbocycles. The molecule has 1 aromatic heterocycles. The third-order valence-electron chi connectivity index (χ3n) is 5.13. The monoisotopic (exact) mass is 329 g/mol. The first kappa shape index (κ1) is 17.0. The molecule has 0 radical (unpaired) electrons. The lowest BCUT2D eigenvalue weighted by molar-refractivity contribution is -0.132. The summed E-state index contributed by atoms with van der Waals surface area (Å²) in [5.41, 5.74) is 3.38. The second-order valence-electron chi connectivity index (χ2n) is 6.70. The van der Waals surface area contributed by atoms with Gasteiger partial charge in [0.25, 0.3) is 0 Å². The highest BCUT2D eigenvalue weighted by Crippen LogP contribution is 2.21. The van der Waals surface area contributed by atoms with E-state index in [2.05, 4.69) is 41.9 Å². The van der Waals surface area contributed by atoms with Gasteiger partial charge in [-0.1, -0.05) is 19.1 Å². The zero-order valence-corrected chi connectivity index (χ0v) is 14.6. The van der Waals surface area contributed by atoms with Gasteiger partial charge in [-0.25, -0.2) is 0 Å². The number of nitrogens with one attached hydrogen (secondary N) is 1. The van der Waals surface area contributed by atoms with Crippen molar-refractivity contribution in [1.29, 1.82) is 0 Å². The molecule has 5 nitrogen and oxygen atoms in total. The van der Waals surface area contributed by atoms with Crippen molar-refractivity contribution in [3.8, 4) is 0 Å². The molecule has 0 spiro atoms. The average molecular weight is 329 g/mol. The molecule has 2 heterocycles. The molecule has 0 aliphatic carbocycles. The van der Waals surface area contributed by atoms with E-state index < -0.39 is 0 Å². The van der Waals surface area contributed by atoms with Gasteiger partial charge in [0.15, 0.2) is 0 Å². The van der Waals surface area contributed by atoms with Gasteiger partial charge in [-0.15, -0.1) is 0 Å². The van der Waals surface area contributed by atoms with Gasteiger partial charge in [0.1, 0.15) is 0 Å². The van der Waals surface area contributed by atoms with E-state index in [1.54, 1.807) is 0 Å². The minimum atomic E-state index is 0.188. The van der Waals surface area contributed by atoms with Crippen molar-refractivity contribution in [1.82, 2.24) is 14.8 Å². The molecule has 2 aromatic rings. The second kappa shape index (κ2) is 7.36. The van der Waals surface area contributed by atoms with Crippen LogP contribution < -0.4 is 0 Å². The quantitative estimate of drug-likeness (QED) is 0.881. The molecule has 130 valence electrons. The standard InChI is InChI=1S/C19H27N3O2/c1-3-16(13-23)21-6-8-22(9-7-21)19(24)11-15-12-20-18-10-14(2)4-5-17(15)18/h4-5,10,12,16,20,23H,3,6-9,11,13H2,1-2H3. The summed E-state index contributed by atoms with van der Waals surface area (Å²) in [6.07, 6.45) is 3.34. The first-order chi connectivity index (χ1) is 11.6. The lowest BCUT2D eigenvalue weighted by atomic mass is 10.1. The van der Waals surface area contributed by atoms with E-state index in [1.165, 1.54) is 5.56 Å². The first-order valence-corrected chi connectivity index (χ1v) is 8.81. The van der Waals surface area contributed by atoms with Gasteiger partial charge in [0.05, 0.1) is 13.0 Å². The Hall–Kier alpha value is -1.85. The molecule has 1 amide bonds. The molecule has 1 aliphatic heterocycles. The number of carbonyl (C=O) groups excluding carboxylic acids is 1. The Kier molecular flexibility index (Phi) is 5.21. The zero-order valence-electron chi connectivity index (χ0n) is 14.6. The van der Waals surface area contributed by atoms with Crippen LogP contribution in [0.2, 0.25) is 0 Å². The Morgan fingerprint density at radius 1 is 1.29 bits per heavy atom. The Bertz CT molecular complexity index is 698. The highest BCUT2D eigenvalue weighted by atomic mass is 16.3. The van der Waals surface area contributed by atoms with Gasteiger partial charge < -0.3 is 15.0 Å². The number of rotatable bonds is 5. The number of nitrogens with zero attached hydrogens (tertiary/aromatic N) is 2. The molecule has 5 heteroatoms. The Labute approximate surface area is 143 Å². The van der Waals surface area contributed by atoms with Crippen LogP contribution in [0.25, 0.3) is 10.9 Å². The van der Waals surface area contributed by atoms with Crippen LogP contribution in [0.4, 0.5) is 0 Å². The van der Waals surface area contributed by atoms with Gasteiger partial charge in [-0.3, -0.25) is 9.69 Å². The number of hydrogen-bond donors (Lipinski definition) is 2. The van der Waals surface area contributed by atoms with Crippen LogP contribution in [0.1, 0.15) is 24.5 Å². The summed E-state index contributed by atoms with van der Waals surface area (Å²) in [5, 5.41) is 10.6. The van der Waals surface area contributed by atoms with Crippen molar-refractivity contribution in [3.63, 3.8) is 0 Å². The van der Waals surface area contributed by atoms with Gasteiger partial charge in [-0.2, -0.15) is 0 Å². The SMILES string of the molecule is CCC(CO)N1CCN(C(=O)Cc2c[nH]c3cc(C)ccc23)CC1. The fourth-order valence-corrected chi connectivity index (χ4v) is 3.56. The van der Waals surface area contributed by atoms with Crippen LogP contribution in [-0.4, -0.2) is 64.6 Å². The fraction of sp³-hybridized carbons (Fsp3) is 0.526. The number of fused-ring (bicyclic) bond motifs is 1. The number of amides is 1. The predicted molar refractivity (Wildman–Crippen MR) is 96.1 cm³/mol. The predicted octanol–water partition coefficient (Wildman–Crippen LogP) is 1.93. The summed E-state index contributed by atoms with van der Waals surface area (Å²) in [5.74, 6) is 0.188. The van der Waals surface area contributed by atoms with Crippen LogP contribution >= 0.6 is 0 Å². The van der Waals surface area contributed by atoms with Crippen molar-refractivity contribution in [2.45, 2.75) is 32.7 Å². The van der Waals surface area contributed by atoms with E-state index in [0.29, 0.717) is 6.42 Å². The lowest BCUT2D eigenvalue weighted by Gasteiger charge is -2.38. The van der Waals surface area contributed by atoms with Gasteiger partial charge in [0, 0.05) is 49.3 Å². The molecule has 1 fully saturated rings. The normalized spacial score (nSPS) is 17.4. The van der Waals surface area contributed by atoms with Crippen molar-refractivity contribution >= 4 is 16.8 Å². The molecule has 1 aliphatic rings. The summed E-state index contributed by atoms with van der Waals surface area (Å²) < 4.78 is 0. The zero-order chi connectivity index (χ0) is 17.1. The smallest absolute Gasteiger partial charge is 0.227 e. The number of hydrogen-bond acceptors (Lipinski definition) is 3. The van der Waals surface area contributed by atoms with E-state index in [0.717, 1.165) is 49.1 Å². The molecule has 0 bridgehead atoms. The molecular weight excluding hydrogens is 302 g/mol. The molecule has 2 N–H and O–H groups in total. The number of aliphatic hydroxyl groups is 1. The van der Waals surface area contributed by atoms with Crippen LogP contribution in [0.15, 0.2) is 24.4 Å². The van der Waals surface area contributed by atoms with Crippen LogP contribution in [0.3, 0.4) is 0 Å². The molecular formula is C19H27N3O2. The van der Waals surface area contributed by atoms with E-state index in [9.17, 15) is 9.90 Å². The number of aromatic amines is 1. The number of aromatic nitrogens is 1. The summed E-state index contributed by atoms with van der Waals surface area (Å²) in [6, 6.07) is 6.51. The maximum atomic E-state index is 12.6. The fourth-order valence-electron chi connectivity index (χ4n) is 3.56. The number of H-pyrrole nitrogens is 1. The Morgan fingerprint density at radius 2 is 2.04 bits per heavy atom. The Balaban J connectivity index is 1.61. The third kappa shape index (κ3) is 3.47. The average Bonchev–Trinajstić information content (AvgIpc) is 2.98. The minimum absolute atomic E-state index is 0.188. The van der Waals surface area contributed by atoms with Crippen LogP contribution in [0.5, 0.6) is 0 Å². The maximum Gasteiger partial charge on any atom is 0.227 e. The number of benzene rings is 1. The van der Waals surface area contributed by atoms with Crippen LogP contribution in [0, 0.1) is 6.92 Å². The van der Waals surface area contributed by atoms with Gasteiger partial charge in [-0.05, 0) is 30.5 Å². The molecule has 1 unspecified atom stereocenters. The van der Waals surface area contributed by atoms with Crippen molar-refractivity contribution in [2.75, 3.05) is 32.8 Å². The van der Waals surface area contributed by atoms with E-state index in [-0.39, 0.29) is 18.6 Å². The topological polar surface area (TPSA) is 59.6 Å².